The van der Waals surface area contributed by atoms with E-state index in [4.69, 9.17) is 0 Å². The second-order valence-electron chi connectivity index (χ2n) is 4.31. The first-order valence-electron chi connectivity index (χ1n) is 5.63. The summed E-state index contributed by atoms with van der Waals surface area (Å²) in [4.78, 5) is 6.57. The summed E-state index contributed by atoms with van der Waals surface area (Å²) in [7, 11) is 0. The van der Waals surface area contributed by atoms with Gasteiger partial charge in [-0.2, -0.15) is 0 Å². The Balaban J connectivity index is 0.00000128. The van der Waals surface area contributed by atoms with Crippen molar-refractivity contribution in [1.29, 1.82) is 0 Å². The molecule has 1 saturated heterocycles. The maximum atomic E-state index is 4.04. The van der Waals surface area contributed by atoms with E-state index in [9.17, 15) is 0 Å². The lowest BCUT2D eigenvalue weighted by Crippen LogP contribution is -2.54. The van der Waals surface area contributed by atoms with E-state index >= 15 is 0 Å². The van der Waals surface area contributed by atoms with Crippen LogP contribution in [-0.4, -0.2) is 35.1 Å². The van der Waals surface area contributed by atoms with Crippen LogP contribution in [0.2, 0.25) is 0 Å². The SMILES string of the molecule is CC1NCCN(Cc2ccncc2)C1C.Cl. The number of nitrogens with zero attached hydrogens (tertiary/aromatic N) is 2. The standard InChI is InChI=1S/C12H19N3.ClH/c1-10-11(2)15(8-7-14-10)9-12-3-5-13-6-4-12;/h3-6,10-11,14H,7-9H2,1-2H3;1H. The smallest absolute Gasteiger partial charge is 0.0271 e. The molecule has 0 spiro atoms. The molecule has 2 atom stereocenters. The Kier molecular flexibility index (Phi) is 5.19. The van der Waals surface area contributed by atoms with E-state index in [0.29, 0.717) is 12.1 Å². The van der Waals surface area contributed by atoms with E-state index in [-0.39, 0.29) is 12.4 Å². The van der Waals surface area contributed by atoms with Crippen molar-refractivity contribution in [3.8, 4) is 0 Å². The zero-order chi connectivity index (χ0) is 10.7. The highest BCUT2D eigenvalue weighted by molar-refractivity contribution is 5.85. The van der Waals surface area contributed by atoms with Gasteiger partial charge in [0.1, 0.15) is 0 Å². The molecule has 2 heterocycles. The van der Waals surface area contributed by atoms with Gasteiger partial charge in [0.2, 0.25) is 0 Å². The average Bonchev–Trinajstić information content (AvgIpc) is 2.26. The molecular formula is C12H20ClN3. The zero-order valence-electron chi connectivity index (χ0n) is 9.89. The average molecular weight is 242 g/mol. The van der Waals surface area contributed by atoms with Crippen molar-refractivity contribution >= 4 is 12.4 Å². The van der Waals surface area contributed by atoms with Crippen molar-refractivity contribution in [3.05, 3.63) is 30.1 Å². The van der Waals surface area contributed by atoms with Gasteiger partial charge in [0, 0.05) is 44.1 Å². The molecule has 2 unspecified atom stereocenters. The lowest BCUT2D eigenvalue weighted by molar-refractivity contribution is 0.131. The van der Waals surface area contributed by atoms with Crippen LogP contribution in [0.25, 0.3) is 0 Å². The second kappa shape index (κ2) is 6.18. The fourth-order valence-corrected chi connectivity index (χ4v) is 2.07. The first-order chi connectivity index (χ1) is 7.27. The van der Waals surface area contributed by atoms with Gasteiger partial charge in [-0.05, 0) is 31.5 Å². The van der Waals surface area contributed by atoms with Gasteiger partial charge < -0.3 is 5.32 Å². The normalized spacial score (nSPS) is 26.1. The van der Waals surface area contributed by atoms with Gasteiger partial charge in [-0.25, -0.2) is 0 Å². The lowest BCUT2D eigenvalue weighted by Gasteiger charge is -2.38. The largest absolute Gasteiger partial charge is 0.311 e. The number of halogens is 1. The Hall–Kier alpha value is -0.640. The molecule has 2 rings (SSSR count). The summed E-state index contributed by atoms with van der Waals surface area (Å²) in [5.74, 6) is 0. The van der Waals surface area contributed by atoms with E-state index in [0.717, 1.165) is 19.6 Å². The fraction of sp³-hybridized carbons (Fsp3) is 0.583. The molecule has 0 bridgehead atoms. The van der Waals surface area contributed by atoms with Gasteiger partial charge in [0.05, 0.1) is 0 Å². The predicted octanol–water partition coefficient (Wildman–Crippen LogP) is 1.69. The number of hydrogen-bond donors (Lipinski definition) is 1. The number of aromatic nitrogens is 1. The molecule has 0 aromatic carbocycles. The van der Waals surface area contributed by atoms with Gasteiger partial charge in [0.15, 0.2) is 0 Å². The minimum absolute atomic E-state index is 0. The molecule has 1 aliphatic rings. The lowest BCUT2D eigenvalue weighted by atomic mass is 10.1. The van der Waals surface area contributed by atoms with Crippen LogP contribution in [-0.2, 0) is 6.54 Å². The van der Waals surface area contributed by atoms with Gasteiger partial charge >= 0.3 is 0 Å². The highest BCUT2D eigenvalue weighted by Crippen LogP contribution is 2.12. The molecule has 0 amide bonds. The van der Waals surface area contributed by atoms with Crippen LogP contribution in [0.3, 0.4) is 0 Å². The van der Waals surface area contributed by atoms with Gasteiger partial charge in [-0.15, -0.1) is 12.4 Å². The Bertz CT molecular complexity index is 304. The maximum Gasteiger partial charge on any atom is 0.0271 e. The predicted molar refractivity (Wildman–Crippen MR) is 68.8 cm³/mol. The van der Waals surface area contributed by atoms with E-state index in [1.165, 1.54) is 5.56 Å². The summed E-state index contributed by atoms with van der Waals surface area (Å²) < 4.78 is 0. The van der Waals surface area contributed by atoms with Crippen LogP contribution in [0.15, 0.2) is 24.5 Å². The summed E-state index contributed by atoms with van der Waals surface area (Å²) >= 11 is 0. The Morgan fingerprint density at radius 3 is 2.75 bits per heavy atom. The van der Waals surface area contributed by atoms with Crippen LogP contribution in [0, 0.1) is 0 Å². The number of pyridine rings is 1. The molecule has 1 aliphatic heterocycles. The van der Waals surface area contributed by atoms with E-state index in [1.54, 1.807) is 0 Å². The van der Waals surface area contributed by atoms with Crippen molar-refractivity contribution in [2.45, 2.75) is 32.5 Å². The van der Waals surface area contributed by atoms with Crippen molar-refractivity contribution < 1.29 is 0 Å². The molecule has 16 heavy (non-hydrogen) atoms. The Morgan fingerprint density at radius 2 is 2.06 bits per heavy atom. The quantitative estimate of drug-likeness (QED) is 0.854. The summed E-state index contributed by atoms with van der Waals surface area (Å²) in [5.41, 5.74) is 1.35. The van der Waals surface area contributed by atoms with Crippen molar-refractivity contribution in [2.75, 3.05) is 13.1 Å². The van der Waals surface area contributed by atoms with Gasteiger partial charge in [-0.3, -0.25) is 9.88 Å². The topological polar surface area (TPSA) is 28.2 Å². The summed E-state index contributed by atoms with van der Waals surface area (Å²) in [5, 5.41) is 3.49. The Morgan fingerprint density at radius 1 is 1.38 bits per heavy atom. The van der Waals surface area contributed by atoms with E-state index in [1.807, 2.05) is 12.4 Å². The molecule has 0 aliphatic carbocycles. The highest BCUT2D eigenvalue weighted by Gasteiger charge is 2.23. The molecule has 3 nitrogen and oxygen atoms in total. The second-order valence-corrected chi connectivity index (χ2v) is 4.31. The molecule has 0 saturated carbocycles. The van der Waals surface area contributed by atoms with Gasteiger partial charge in [-0.1, -0.05) is 0 Å². The maximum absolute atomic E-state index is 4.04. The number of rotatable bonds is 2. The first kappa shape index (κ1) is 13.4. The van der Waals surface area contributed by atoms with Crippen molar-refractivity contribution in [3.63, 3.8) is 0 Å². The Labute approximate surface area is 104 Å². The van der Waals surface area contributed by atoms with Crippen LogP contribution < -0.4 is 5.32 Å². The summed E-state index contributed by atoms with van der Waals surface area (Å²) in [6, 6.07) is 5.38. The third kappa shape index (κ3) is 3.17. The molecule has 4 heteroatoms. The zero-order valence-corrected chi connectivity index (χ0v) is 10.7. The molecule has 1 aromatic heterocycles. The van der Waals surface area contributed by atoms with E-state index < -0.39 is 0 Å². The minimum Gasteiger partial charge on any atom is -0.311 e. The molecular weight excluding hydrogens is 222 g/mol. The molecule has 1 fully saturated rings. The number of nitrogens with one attached hydrogen (secondary N) is 1. The molecule has 90 valence electrons. The monoisotopic (exact) mass is 241 g/mol. The third-order valence-corrected chi connectivity index (χ3v) is 3.30. The molecule has 1 aromatic rings. The van der Waals surface area contributed by atoms with Crippen LogP contribution in [0.1, 0.15) is 19.4 Å². The summed E-state index contributed by atoms with van der Waals surface area (Å²) in [6.07, 6.45) is 3.73. The fourth-order valence-electron chi connectivity index (χ4n) is 2.07. The van der Waals surface area contributed by atoms with Crippen molar-refractivity contribution in [1.82, 2.24) is 15.2 Å². The minimum atomic E-state index is 0. The van der Waals surface area contributed by atoms with Gasteiger partial charge in [0.25, 0.3) is 0 Å². The third-order valence-electron chi connectivity index (χ3n) is 3.30. The van der Waals surface area contributed by atoms with Crippen molar-refractivity contribution in [2.24, 2.45) is 0 Å². The number of piperazine rings is 1. The molecule has 0 radical (unpaired) electrons. The molecule has 1 N–H and O–H groups in total. The van der Waals surface area contributed by atoms with Crippen LogP contribution in [0.5, 0.6) is 0 Å². The van der Waals surface area contributed by atoms with Crippen LogP contribution >= 0.6 is 12.4 Å². The summed E-state index contributed by atoms with van der Waals surface area (Å²) in [6.45, 7) is 7.81. The van der Waals surface area contributed by atoms with Crippen LogP contribution in [0.4, 0.5) is 0 Å². The highest BCUT2D eigenvalue weighted by atomic mass is 35.5. The number of hydrogen-bond acceptors (Lipinski definition) is 3. The first-order valence-corrected chi connectivity index (χ1v) is 5.63. The van der Waals surface area contributed by atoms with E-state index in [2.05, 4.69) is 41.2 Å².